The van der Waals surface area contributed by atoms with Crippen LogP contribution in [-0.4, -0.2) is 34.2 Å². The van der Waals surface area contributed by atoms with Crippen LogP contribution in [0.5, 0.6) is 5.75 Å². The van der Waals surface area contributed by atoms with Gasteiger partial charge in [-0.1, -0.05) is 52.0 Å². The molecule has 1 unspecified atom stereocenters. The second-order valence-electron chi connectivity index (χ2n) is 9.44. The summed E-state index contributed by atoms with van der Waals surface area (Å²) in [7, 11) is 0. The van der Waals surface area contributed by atoms with E-state index in [1.807, 2.05) is 32.0 Å². The van der Waals surface area contributed by atoms with Gasteiger partial charge in [0.15, 0.2) is 0 Å². The Labute approximate surface area is 194 Å². The fourth-order valence-corrected chi connectivity index (χ4v) is 4.10. The lowest BCUT2D eigenvalue weighted by Crippen LogP contribution is -2.30. The second kappa shape index (κ2) is 9.22. The van der Waals surface area contributed by atoms with E-state index in [2.05, 4.69) is 20.8 Å². The van der Waals surface area contributed by atoms with Crippen molar-refractivity contribution in [2.75, 3.05) is 6.54 Å². The fourth-order valence-electron chi connectivity index (χ4n) is 4.10. The van der Waals surface area contributed by atoms with E-state index in [1.165, 1.54) is 11.8 Å². The molecule has 0 aliphatic carbocycles. The highest BCUT2D eigenvalue weighted by Gasteiger charge is 2.46. The molecule has 0 spiro atoms. The number of aliphatic hydroxyl groups excluding tert-OH is 1. The minimum absolute atomic E-state index is 0.0441. The molecule has 1 N–H and O–H groups in total. The summed E-state index contributed by atoms with van der Waals surface area (Å²) in [6.45, 7) is 11.7. The van der Waals surface area contributed by atoms with Crippen LogP contribution in [0.2, 0.25) is 0 Å². The summed E-state index contributed by atoms with van der Waals surface area (Å²) in [6.07, 6.45) is 0.645. The zero-order chi connectivity index (χ0) is 24.5. The summed E-state index contributed by atoms with van der Waals surface area (Å²) in [5.74, 6) is -1.72. The lowest BCUT2D eigenvalue weighted by molar-refractivity contribution is -0.139. The number of Topliss-reactive ketones (excluding diaryl/α,β-unsaturated/α-hetero) is 1. The van der Waals surface area contributed by atoms with Crippen molar-refractivity contribution in [3.05, 3.63) is 70.3 Å². The molecule has 6 nitrogen and oxygen atoms in total. The maximum absolute atomic E-state index is 13.2. The highest BCUT2D eigenvalue weighted by molar-refractivity contribution is 6.46. The number of benzene rings is 2. The number of amides is 1. The van der Waals surface area contributed by atoms with Crippen LogP contribution in [-0.2, 0) is 19.8 Å². The summed E-state index contributed by atoms with van der Waals surface area (Å²) in [5.41, 5.74) is 2.81. The molecular formula is C27H31NO5. The predicted octanol–water partition coefficient (Wildman–Crippen LogP) is 5.05. The fraction of sp³-hybridized carbons (Fsp3) is 0.370. The summed E-state index contributed by atoms with van der Waals surface area (Å²) < 4.78 is 5.21. The van der Waals surface area contributed by atoms with Gasteiger partial charge in [0, 0.05) is 19.0 Å². The first-order chi connectivity index (χ1) is 15.5. The molecule has 1 saturated heterocycles. The van der Waals surface area contributed by atoms with Gasteiger partial charge < -0.3 is 14.7 Å². The van der Waals surface area contributed by atoms with Gasteiger partial charge in [-0.25, -0.2) is 0 Å². The van der Waals surface area contributed by atoms with E-state index in [0.717, 1.165) is 11.1 Å². The third-order valence-electron chi connectivity index (χ3n) is 5.80. The molecule has 1 aliphatic heterocycles. The lowest BCUT2D eigenvalue weighted by Gasteiger charge is -2.25. The standard InChI is InChI=1S/C27H31NO5/c1-7-13-28-23(18-9-8-10-20(14-18)33-17(3)29)22(25(31)26(28)32)24(30)21-15-19(27(4,5)6)12-11-16(21)2/h8-12,14-15,23,30H,7,13H2,1-6H3/b24-22+. The smallest absolute Gasteiger partial charge is 0.308 e. The minimum Gasteiger partial charge on any atom is -0.507 e. The number of esters is 1. The van der Waals surface area contributed by atoms with E-state index >= 15 is 0 Å². The molecule has 0 aromatic heterocycles. The summed E-state index contributed by atoms with van der Waals surface area (Å²) in [5, 5.41) is 11.4. The molecule has 1 aliphatic rings. The number of hydrogen-bond donors (Lipinski definition) is 1. The molecule has 2 aromatic rings. The van der Waals surface area contributed by atoms with Gasteiger partial charge in [0.05, 0.1) is 11.6 Å². The molecular weight excluding hydrogens is 418 g/mol. The Morgan fingerprint density at radius 3 is 2.42 bits per heavy atom. The summed E-state index contributed by atoms with van der Waals surface area (Å²) in [4.78, 5) is 39.0. The predicted molar refractivity (Wildman–Crippen MR) is 127 cm³/mol. The Kier molecular flexibility index (Phi) is 6.77. The van der Waals surface area contributed by atoms with Crippen molar-refractivity contribution in [3.8, 4) is 5.75 Å². The topological polar surface area (TPSA) is 83.9 Å². The van der Waals surface area contributed by atoms with Crippen molar-refractivity contribution in [3.63, 3.8) is 0 Å². The molecule has 6 heteroatoms. The third-order valence-corrected chi connectivity index (χ3v) is 5.80. The number of rotatable bonds is 5. The molecule has 1 fully saturated rings. The summed E-state index contributed by atoms with van der Waals surface area (Å²) >= 11 is 0. The van der Waals surface area contributed by atoms with E-state index < -0.39 is 23.7 Å². The Morgan fingerprint density at radius 1 is 1.12 bits per heavy atom. The molecule has 0 radical (unpaired) electrons. The van der Waals surface area contributed by atoms with E-state index in [1.54, 1.807) is 24.3 Å². The quantitative estimate of drug-likeness (QED) is 0.227. The maximum atomic E-state index is 13.2. The number of aliphatic hydroxyl groups is 1. The van der Waals surface area contributed by atoms with Gasteiger partial charge in [0.1, 0.15) is 11.5 Å². The van der Waals surface area contributed by atoms with Crippen LogP contribution in [0.15, 0.2) is 48.0 Å². The zero-order valence-electron chi connectivity index (χ0n) is 20.1. The molecule has 1 heterocycles. The minimum atomic E-state index is -0.779. The highest BCUT2D eigenvalue weighted by atomic mass is 16.5. The van der Waals surface area contributed by atoms with Crippen LogP contribution in [0.3, 0.4) is 0 Å². The van der Waals surface area contributed by atoms with Crippen LogP contribution < -0.4 is 4.74 Å². The van der Waals surface area contributed by atoms with Crippen LogP contribution >= 0.6 is 0 Å². The van der Waals surface area contributed by atoms with Crippen molar-refractivity contribution in [2.24, 2.45) is 0 Å². The third kappa shape index (κ3) is 4.85. The van der Waals surface area contributed by atoms with Gasteiger partial charge in [-0.3, -0.25) is 14.4 Å². The van der Waals surface area contributed by atoms with E-state index in [-0.39, 0.29) is 16.7 Å². The normalized spacial score (nSPS) is 18.0. The van der Waals surface area contributed by atoms with Crippen LogP contribution in [0.4, 0.5) is 0 Å². The van der Waals surface area contributed by atoms with E-state index in [4.69, 9.17) is 4.74 Å². The Morgan fingerprint density at radius 2 is 1.82 bits per heavy atom. The molecule has 3 rings (SSSR count). The van der Waals surface area contributed by atoms with Crippen LogP contribution in [0.25, 0.3) is 5.76 Å². The number of ketones is 1. The first-order valence-electron chi connectivity index (χ1n) is 11.1. The Hall–Kier alpha value is -3.41. The SMILES string of the molecule is CCCN1C(=O)C(=O)/C(=C(/O)c2cc(C(C)(C)C)ccc2C)C1c1cccc(OC(C)=O)c1. The van der Waals surface area contributed by atoms with Crippen LogP contribution in [0.1, 0.15) is 69.3 Å². The zero-order valence-corrected chi connectivity index (χ0v) is 20.1. The molecule has 174 valence electrons. The van der Waals surface area contributed by atoms with Gasteiger partial charge in [0.25, 0.3) is 11.7 Å². The second-order valence-corrected chi connectivity index (χ2v) is 9.44. The van der Waals surface area contributed by atoms with Gasteiger partial charge in [-0.15, -0.1) is 0 Å². The lowest BCUT2D eigenvalue weighted by atomic mass is 9.84. The number of carbonyl (C=O) groups is 3. The number of likely N-dealkylation sites (tertiary alicyclic amines) is 1. The van der Waals surface area contributed by atoms with Crippen molar-refractivity contribution in [1.82, 2.24) is 4.90 Å². The Balaban J connectivity index is 2.24. The van der Waals surface area contributed by atoms with Crippen molar-refractivity contribution in [1.29, 1.82) is 0 Å². The largest absolute Gasteiger partial charge is 0.507 e. The Bertz CT molecular complexity index is 1140. The first kappa shape index (κ1) is 24.2. The highest BCUT2D eigenvalue weighted by Crippen LogP contribution is 2.41. The molecule has 1 amide bonds. The van der Waals surface area contributed by atoms with Crippen molar-refractivity contribution in [2.45, 2.75) is 59.4 Å². The summed E-state index contributed by atoms with van der Waals surface area (Å²) in [6, 6.07) is 11.7. The number of carbonyl (C=O) groups excluding carboxylic acids is 3. The average molecular weight is 450 g/mol. The van der Waals surface area contributed by atoms with Crippen LogP contribution in [0, 0.1) is 6.92 Å². The van der Waals surface area contributed by atoms with Crippen molar-refractivity contribution < 1.29 is 24.2 Å². The maximum Gasteiger partial charge on any atom is 0.308 e. The number of ether oxygens (including phenoxy) is 1. The monoisotopic (exact) mass is 449 g/mol. The van der Waals surface area contributed by atoms with Gasteiger partial charge >= 0.3 is 5.97 Å². The number of hydrogen-bond acceptors (Lipinski definition) is 5. The average Bonchev–Trinajstić information content (AvgIpc) is 2.98. The van der Waals surface area contributed by atoms with E-state index in [9.17, 15) is 19.5 Å². The van der Waals surface area contributed by atoms with Gasteiger partial charge in [-0.2, -0.15) is 0 Å². The van der Waals surface area contributed by atoms with Gasteiger partial charge in [-0.05, 0) is 53.6 Å². The first-order valence-corrected chi connectivity index (χ1v) is 11.1. The molecule has 0 bridgehead atoms. The molecule has 1 atom stereocenters. The van der Waals surface area contributed by atoms with Gasteiger partial charge in [0.2, 0.25) is 0 Å². The molecule has 2 aromatic carbocycles. The number of aryl methyl sites for hydroxylation is 1. The molecule has 0 saturated carbocycles. The van der Waals surface area contributed by atoms with E-state index in [0.29, 0.717) is 29.8 Å². The van der Waals surface area contributed by atoms with Crippen molar-refractivity contribution >= 4 is 23.4 Å². The molecule has 33 heavy (non-hydrogen) atoms. The number of nitrogens with zero attached hydrogens (tertiary/aromatic N) is 1.